The third-order valence-electron chi connectivity index (χ3n) is 4.71. The molecule has 1 saturated heterocycles. The quantitative estimate of drug-likeness (QED) is 0.790. The van der Waals surface area contributed by atoms with E-state index in [1.165, 1.54) is 6.07 Å². The van der Waals surface area contributed by atoms with Gasteiger partial charge in [-0.25, -0.2) is 13.8 Å². The molecule has 3 nitrogen and oxygen atoms in total. The van der Waals surface area contributed by atoms with Gasteiger partial charge in [-0.3, -0.25) is 0 Å². The standard InChI is InChI=1S/C18H21F2NO2/c1-3-6-15-17-16(9-10-22-15)23-12(2)21-18(17,11-19)13-7-4-5-8-14(13)20/h3-5,7-8,15-17H,1,6,9-11H2,2H3/t15-,16+,17-,18+/m0/s1. The minimum Gasteiger partial charge on any atom is -0.477 e. The number of alkyl halides is 1. The third-order valence-corrected chi connectivity index (χ3v) is 4.71. The lowest BCUT2D eigenvalue weighted by Crippen LogP contribution is -2.56. The van der Waals surface area contributed by atoms with Crippen molar-refractivity contribution in [1.29, 1.82) is 0 Å². The minimum atomic E-state index is -1.31. The second kappa shape index (κ2) is 6.40. The van der Waals surface area contributed by atoms with Gasteiger partial charge in [-0.2, -0.15) is 0 Å². The highest BCUT2D eigenvalue weighted by molar-refractivity contribution is 5.75. The number of nitrogens with zero attached hydrogens (tertiary/aromatic N) is 1. The Balaban J connectivity index is 2.16. The molecule has 1 aromatic carbocycles. The maximum atomic E-state index is 14.5. The van der Waals surface area contributed by atoms with E-state index in [9.17, 15) is 8.78 Å². The maximum Gasteiger partial charge on any atom is 0.181 e. The van der Waals surface area contributed by atoms with E-state index in [-0.39, 0.29) is 23.7 Å². The predicted octanol–water partition coefficient (Wildman–Crippen LogP) is 3.79. The lowest BCUT2D eigenvalue weighted by atomic mass is 9.70. The van der Waals surface area contributed by atoms with E-state index in [2.05, 4.69) is 11.6 Å². The number of ether oxygens (including phenoxy) is 2. The smallest absolute Gasteiger partial charge is 0.181 e. The van der Waals surface area contributed by atoms with Crippen molar-refractivity contribution in [3.63, 3.8) is 0 Å². The Morgan fingerprint density at radius 3 is 2.91 bits per heavy atom. The minimum absolute atomic E-state index is 0.235. The number of fused-ring (bicyclic) bond motifs is 1. The normalized spacial score (nSPS) is 33.3. The van der Waals surface area contributed by atoms with Gasteiger partial charge in [-0.15, -0.1) is 6.58 Å². The Morgan fingerprint density at radius 2 is 2.22 bits per heavy atom. The lowest BCUT2D eigenvalue weighted by Gasteiger charge is -2.49. The van der Waals surface area contributed by atoms with Gasteiger partial charge in [-0.05, 0) is 12.5 Å². The molecule has 0 saturated carbocycles. The molecule has 2 heterocycles. The van der Waals surface area contributed by atoms with Crippen LogP contribution in [0.3, 0.4) is 0 Å². The zero-order valence-electron chi connectivity index (χ0n) is 13.2. The number of benzene rings is 1. The van der Waals surface area contributed by atoms with Gasteiger partial charge in [-0.1, -0.05) is 24.3 Å². The summed E-state index contributed by atoms with van der Waals surface area (Å²) in [6.45, 7) is 5.18. The Kier molecular flexibility index (Phi) is 4.48. The number of hydrogen-bond donors (Lipinski definition) is 0. The lowest BCUT2D eigenvalue weighted by molar-refractivity contribution is -0.126. The molecule has 0 aliphatic carbocycles. The third kappa shape index (κ3) is 2.67. The molecular weight excluding hydrogens is 300 g/mol. The van der Waals surface area contributed by atoms with Gasteiger partial charge in [0.05, 0.1) is 18.6 Å². The van der Waals surface area contributed by atoms with E-state index in [1.807, 2.05) is 0 Å². The zero-order valence-corrected chi connectivity index (χ0v) is 13.2. The van der Waals surface area contributed by atoms with Gasteiger partial charge in [0, 0.05) is 18.9 Å². The van der Waals surface area contributed by atoms with Crippen LogP contribution in [0.15, 0.2) is 41.9 Å². The van der Waals surface area contributed by atoms with Gasteiger partial charge in [0.1, 0.15) is 24.1 Å². The van der Waals surface area contributed by atoms with E-state index in [4.69, 9.17) is 9.47 Å². The predicted molar refractivity (Wildman–Crippen MR) is 84.7 cm³/mol. The summed E-state index contributed by atoms with van der Waals surface area (Å²) in [6.07, 6.45) is 2.40. The molecule has 0 aromatic heterocycles. The second-order valence-corrected chi connectivity index (χ2v) is 6.07. The van der Waals surface area contributed by atoms with Crippen molar-refractivity contribution in [2.24, 2.45) is 10.9 Å². The second-order valence-electron chi connectivity index (χ2n) is 6.07. The topological polar surface area (TPSA) is 30.8 Å². The highest BCUT2D eigenvalue weighted by Gasteiger charge is 2.54. The Labute approximate surface area is 135 Å². The summed E-state index contributed by atoms with van der Waals surface area (Å²) in [7, 11) is 0. The summed E-state index contributed by atoms with van der Waals surface area (Å²) in [5.74, 6) is -0.448. The summed E-state index contributed by atoms with van der Waals surface area (Å²) < 4.78 is 40.5. The molecule has 2 aliphatic heterocycles. The number of rotatable bonds is 4. The largest absolute Gasteiger partial charge is 0.477 e. The summed E-state index contributed by atoms with van der Waals surface area (Å²) in [4.78, 5) is 4.45. The molecular formula is C18H21F2NO2. The maximum absolute atomic E-state index is 14.5. The van der Waals surface area contributed by atoms with Gasteiger partial charge < -0.3 is 9.47 Å². The van der Waals surface area contributed by atoms with E-state index in [0.29, 0.717) is 25.3 Å². The molecule has 0 radical (unpaired) electrons. The molecule has 23 heavy (non-hydrogen) atoms. The van der Waals surface area contributed by atoms with Gasteiger partial charge in [0.15, 0.2) is 5.90 Å². The highest BCUT2D eigenvalue weighted by Crippen LogP contribution is 2.47. The molecule has 4 atom stereocenters. The van der Waals surface area contributed by atoms with Crippen LogP contribution < -0.4 is 0 Å². The zero-order chi connectivity index (χ0) is 16.4. The SMILES string of the molecule is C=CC[C@@H]1OCC[C@H]2OC(C)=N[C@](CF)(c3ccccc3F)[C@@H]12. The van der Waals surface area contributed by atoms with E-state index >= 15 is 0 Å². The van der Waals surface area contributed by atoms with Crippen LogP contribution in [0.5, 0.6) is 0 Å². The average Bonchev–Trinajstić information content (AvgIpc) is 2.54. The van der Waals surface area contributed by atoms with Crippen molar-refractivity contribution < 1.29 is 18.3 Å². The van der Waals surface area contributed by atoms with Gasteiger partial charge in [0.2, 0.25) is 0 Å². The van der Waals surface area contributed by atoms with Gasteiger partial charge >= 0.3 is 0 Å². The number of hydrogen-bond acceptors (Lipinski definition) is 3. The van der Waals surface area contributed by atoms with Crippen LogP contribution in [0.2, 0.25) is 0 Å². The van der Waals surface area contributed by atoms with E-state index in [1.54, 1.807) is 31.2 Å². The first-order valence-corrected chi connectivity index (χ1v) is 7.89. The first-order chi connectivity index (χ1) is 11.1. The monoisotopic (exact) mass is 321 g/mol. The average molecular weight is 321 g/mol. The molecule has 0 spiro atoms. The van der Waals surface area contributed by atoms with Crippen LogP contribution in [0, 0.1) is 11.7 Å². The van der Waals surface area contributed by atoms with E-state index in [0.717, 1.165) is 0 Å². The molecule has 0 amide bonds. The molecule has 5 heteroatoms. The highest BCUT2D eigenvalue weighted by atomic mass is 19.1. The van der Waals surface area contributed by atoms with Crippen molar-refractivity contribution in [2.45, 2.75) is 37.5 Å². The van der Waals surface area contributed by atoms with Crippen LogP contribution in [0.4, 0.5) is 8.78 Å². The van der Waals surface area contributed by atoms with Crippen molar-refractivity contribution in [1.82, 2.24) is 0 Å². The van der Waals surface area contributed by atoms with Crippen LogP contribution in [-0.2, 0) is 15.0 Å². The van der Waals surface area contributed by atoms with Crippen LogP contribution in [0.1, 0.15) is 25.3 Å². The van der Waals surface area contributed by atoms with Crippen LogP contribution in [0.25, 0.3) is 0 Å². The van der Waals surface area contributed by atoms with Crippen LogP contribution >= 0.6 is 0 Å². The molecule has 124 valence electrons. The summed E-state index contributed by atoms with van der Waals surface area (Å²) in [5.41, 5.74) is -1.05. The van der Waals surface area contributed by atoms with Crippen molar-refractivity contribution >= 4 is 5.90 Å². The van der Waals surface area contributed by atoms with Crippen LogP contribution in [-0.4, -0.2) is 31.4 Å². The molecule has 3 rings (SSSR count). The molecule has 1 fully saturated rings. The fourth-order valence-electron chi connectivity index (χ4n) is 3.83. The number of halogens is 2. The molecule has 1 aromatic rings. The fourth-order valence-corrected chi connectivity index (χ4v) is 3.83. The first-order valence-electron chi connectivity index (χ1n) is 7.89. The Morgan fingerprint density at radius 1 is 1.43 bits per heavy atom. The first kappa shape index (κ1) is 16.1. The summed E-state index contributed by atoms with van der Waals surface area (Å²) >= 11 is 0. The van der Waals surface area contributed by atoms with Crippen molar-refractivity contribution in [3.05, 3.63) is 48.3 Å². The summed E-state index contributed by atoms with van der Waals surface area (Å²) in [5, 5.41) is 0. The fraction of sp³-hybridized carbons (Fsp3) is 0.500. The van der Waals surface area contributed by atoms with E-state index < -0.39 is 18.0 Å². The molecule has 0 unspecified atom stereocenters. The molecule has 0 N–H and O–H groups in total. The molecule has 0 bridgehead atoms. The van der Waals surface area contributed by atoms with Crippen molar-refractivity contribution in [2.75, 3.05) is 13.3 Å². The Bertz CT molecular complexity index is 619. The van der Waals surface area contributed by atoms with Gasteiger partial charge in [0.25, 0.3) is 0 Å². The van der Waals surface area contributed by atoms with Crippen molar-refractivity contribution in [3.8, 4) is 0 Å². The number of aliphatic imine (C=N–C) groups is 1. The molecule has 2 aliphatic rings. The summed E-state index contributed by atoms with van der Waals surface area (Å²) in [6, 6.07) is 6.25. The Hall–Kier alpha value is -1.75.